The van der Waals surface area contributed by atoms with Crippen molar-refractivity contribution in [1.29, 1.82) is 5.26 Å². The van der Waals surface area contributed by atoms with Gasteiger partial charge in [-0.3, -0.25) is 0 Å². The zero-order chi connectivity index (χ0) is 10.4. The molecule has 0 atom stereocenters. The van der Waals surface area contributed by atoms with Crippen LogP contribution in [0.25, 0.3) is 0 Å². The van der Waals surface area contributed by atoms with Crippen LogP contribution in [0.5, 0.6) is 0 Å². The van der Waals surface area contributed by atoms with Crippen molar-refractivity contribution in [3.63, 3.8) is 0 Å². The van der Waals surface area contributed by atoms with Crippen molar-refractivity contribution in [1.82, 2.24) is 0 Å². The zero-order valence-corrected chi connectivity index (χ0v) is 7.99. The van der Waals surface area contributed by atoms with Crippen molar-refractivity contribution >= 4 is 5.97 Å². The fourth-order valence-corrected chi connectivity index (χ4v) is 1.13. The van der Waals surface area contributed by atoms with Crippen molar-refractivity contribution in [2.75, 3.05) is 7.11 Å². The average molecular weight is 189 g/mol. The first-order valence-corrected chi connectivity index (χ1v) is 4.32. The maximum absolute atomic E-state index is 11.1. The Morgan fingerprint density at radius 1 is 1.43 bits per heavy atom. The first-order chi connectivity index (χ1) is 6.77. The number of rotatable bonds is 3. The molecule has 72 valence electrons. The molecule has 0 fully saturated rings. The van der Waals surface area contributed by atoms with Gasteiger partial charge in [-0.15, -0.1) is 0 Å². The number of benzene rings is 1. The Kier molecular flexibility index (Phi) is 3.69. The third kappa shape index (κ3) is 2.60. The van der Waals surface area contributed by atoms with E-state index in [1.54, 1.807) is 12.1 Å². The Bertz CT molecular complexity index is 349. The largest absolute Gasteiger partial charge is 0.465 e. The van der Waals surface area contributed by atoms with Gasteiger partial charge < -0.3 is 4.74 Å². The molecule has 1 rings (SSSR count). The van der Waals surface area contributed by atoms with Gasteiger partial charge in [0.15, 0.2) is 0 Å². The number of ether oxygens (including phenoxy) is 1. The summed E-state index contributed by atoms with van der Waals surface area (Å²) in [6.45, 7) is 0. The van der Waals surface area contributed by atoms with Crippen molar-refractivity contribution in [3.05, 3.63) is 35.4 Å². The molecule has 0 spiro atoms. The lowest BCUT2D eigenvalue weighted by Crippen LogP contribution is -2.00. The highest BCUT2D eigenvalue weighted by atomic mass is 16.5. The number of aryl methyl sites for hydroxylation is 1. The highest BCUT2D eigenvalue weighted by Crippen LogP contribution is 2.07. The van der Waals surface area contributed by atoms with Gasteiger partial charge >= 0.3 is 5.97 Å². The molecule has 0 bridgehead atoms. The van der Waals surface area contributed by atoms with E-state index in [-0.39, 0.29) is 5.97 Å². The van der Waals surface area contributed by atoms with Crippen LogP contribution in [0.1, 0.15) is 22.3 Å². The SMILES string of the molecule is COC(=O)c1ccc(CCC#N)cc1. The molecule has 0 unspecified atom stereocenters. The van der Waals surface area contributed by atoms with Crippen LogP contribution in [0.15, 0.2) is 24.3 Å². The minimum atomic E-state index is -0.336. The molecule has 0 radical (unpaired) electrons. The quantitative estimate of drug-likeness (QED) is 0.682. The maximum atomic E-state index is 11.1. The van der Waals surface area contributed by atoms with Crippen LogP contribution in [0.2, 0.25) is 0 Å². The first-order valence-electron chi connectivity index (χ1n) is 4.32. The summed E-state index contributed by atoms with van der Waals surface area (Å²) in [6.07, 6.45) is 1.22. The Hall–Kier alpha value is -1.82. The number of hydrogen-bond acceptors (Lipinski definition) is 3. The average Bonchev–Trinajstić information content (AvgIpc) is 2.26. The van der Waals surface area contributed by atoms with Crippen LogP contribution in [0.3, 0.4) is 0 Å². The number of esters is 1. The lowest BCUT2D eigenvalue weighted by atomic mass is 10.1. The van der Waals surface area contributed by atoms with Gasteiger partial charge in [0.05, 0.1) is 18.7 Å². The number of carbonyl (C=O) groups excluding carboxylic acids is 1. The summed E-state index contributed by atoms with van der Waals surface area (Å²) in [6, 6.07) is 9.16. The second-order valence-electron chi connectivity index (χ2n) is 2.85. The number of methoxy groups -OCH3 is 1. The molecule has 0 N–H and O–H groups in total. The molecule has 1 aromatic carbocycles. The highest BCUT2D eigenvalue weighted by molar-refractivity contribution is 5.89. The second kappa shape index (κ2) is 5.03. The van der Waals surface area contributed by atoms with Crippen molar-refractivity contribution in [2.45, 2.75) is 12.8 Å². The first kappa shape index (κ1) is 10.3. The van der Waals surface area contributed by atoms with E-state index in [9.17, 15) is 4.79 Å². The Labute approximate surface area is 82.9 Å². The normalized spacial score (nSPS) is 9.14. The van der Waals surface area contributed by atoms with E-state index in [4.69, 9.17) is 5.26 Å². The summed E-state index contributed by atoms with van der Waals surface area (Å²) in [5, 5.41) is 8.38. The Balaban J connectivity index is 2.69. The van der Waals surface area contributed by atoms with Crippen molar-refractivity contribution in [2.24, 2.45) is 0 Å². The minimum Gasteiger partial charge on any atom is -0.465 e. The highest BCUT2D eigenvalue weighted by Gasteiger charge is 2.03. The number of nitriles is 1. The number of hydrogen-bond donors (Lipinski definition) is 0. The van der Waals surface area contributed by atoms with E-state index in [0.717, 1.165) is 12.0 Å². The van der Waals surface area contributed by atoms with Gasteiger partial charge in [0.1, 0.15) is 0 Å². The van der Waals surface area contributed by atoms with E-state index < -0.39 is 0 Å². The van der Waals surface area contributed by atoms with Crippen LogP contribution >= 0.6 is 0 Å². The molecule has 14 heavy (non-hydrogen) atoms. The summed E-state index contributed by atoms with van der Waals surface area (Å²) >= 11 is 0. The molecule has 0 aliphatic heterocycles. The summed E-state index contributed by atoms with van der Waals surface area (Å²) < 4.78 is 4.57. The summed E-state index contributed by atoms with van der Waals surface area (Å²) in [5.74, 6) is -0.336. The predicted molar refractivity (Wildman–Crippen MR) is 51.7 cm³/mol. The fraction of sp³-hybridized carbons (Fsp3) is 0.273. The Morgan fingerprint density at radius 3 is 2.57 bits per heavy atom. The standard InChI is InChI=1S/C11H11NO2/c1-14-11(13)10-6-4-9(5-7-10)3-2-8-12/h4-7H,2-3H2,1H3. The van der Waals surface area contributed by atoms with Gasteiger partial charge in [0.2, 0.25) is 0 Å². The topological polar surface area (TPSA) is 50.1 Å². The number of carbonyl (C=O) groups is 1. The van der Waals surface area contributed by atoms with Crippen LogP contribution < -0.4 is 0 Å². The van der Waals surface area contributed by atoms with Gasteiger partial charge in [-0.1, -0.05) is 12.1 Å². The molecular formula is C11H11NO2. The molecule has 1 aromatic rings. The Morgan fingerprint density at radius 2 is 2.07 bits per heavy atom. The smallest absolute Gasteiger partial charge is 0.337 e. The van der Waals surface area contributed by atoms with Crippen LogP contribution in [-0.2, 0) is 11.2 Å². The van der Waals surface area contributed by atoms with Crippen LogP contribution in [-0.4, -0.2) is 13.1 Å². The molecule has 0 saturated heterocycles. The fourth-order valence-electron chi connectivity index (χ4n) is 1.13. The molecule has 0 aliphatic carbocycles. The van der Waals surface area contributed by atoms with E-state index >= 15 is 0 Å². The molecule has 0 amide bonds. The van der Waals surface area contributed by atoms with E-state index in [1.807, 2.05) is 12.1 Å². The minimum absolute atomic E-state index is 0.336. The molecular weight excluding hydrogens is 178 g/mol. The molecule has 0 saturated carbocycles. The zero-order valence-electron chi connectivity index (χ0n) is 7.99. The van der Waals surface area contributed by atoms with Gasteiger partial charge in [0.25, 0.3) is 0 Å². The lowest BCUT2D eigenvalue weighted by molar-refractivity contribution is 0.0600. The molecule has 0 aromatic heterocycles. The van der Waals surface area contributed by atoms with Crippen LogP contribution in [0.4, 0.5) is 0 Å². The molecule has 0 heterocycles. The van der Waals surface area contributed by atoms with Gasteiger partial charge in [-0.2, -0.15) is 5.26 Å². The molecule has 3 nitrogen and oxygen atoms in total. The van der Waals surface area contributed by atoms with Crippen molar-refractivity contribution < 1.29 is 9.53 Å². The second-order valence-corrected chi connectivity index (χ2v) is 2.85. The van der Waals surface area contributed by atoms with Crippen LogP contribution in [0, 0.1) is 11.3 Å². The summed E-state index contributed by atoms with van der Waals surface area (Å²) in [5.41, 5.74) is 1.59. The monoisotopic (exact) mass is 189 g/mol. The predicted octanol–water partition coefficient (Wildman–Crippen LogP) is 1.93. The van der Waals surface area contributed by atoms with Gasteiger partial charge in [-0.05, 0) is 24.1 Å². The maximum Gasteiger partial charge on any atom is 0.337 e. The molecule has 3 heteroatoms. The van der Waals surface area contributed by atoms with Gasteiger partial charge in [0, 0.05) is 6.42 Å². The third-order valence-corrected chi connectivity index (χ3v) is 1.90. The van der Waals surface area contributed by atoms with Crippen molar-refractivity contribution in [3.8, 4) is 6.07 Å². The van der Waals surface area contributed by atoms with Gasteiger partial charge in [-0.25, -0.2) is 4.79 Å². The van der Waals surface area contributed by atoms with E-state index in [1.165, 1.54) is 7.11 Å². The third-order valence-electron chi connectivity index (χ3n) is 1.90. The molecule has 0 aliphatic rings. The number of nitrogens with zero attached hydrogens (tertiary/aromatic N) is 1. The van der Waals surface area contributed by atoms with E-state index in [0.29, 0.717) is 12.0 Å². The lowest BCUT2D eigenvalue weighted by Gasteiger charge is -2.00. The summed E-state index contributed by atoms with van der Waals surface area (Å²) in [4.78, 5) is 11.1. The summed E-state index contributed by atoms with van der Waals surface area (Å²) in [7, 11) is 1.35. The van der Waals surface area contributed by atoms with E-state index in [2.05, 4.69) is 10.8 Å².